The Bertz CT molecular complexity index is 2170. The van der Waals surface area contributed by atoms with E-state index < -0.39 is 47.3 Å². The van der Waals surface area contributed by atoms with Crippen molar-refractivity contribution in [2.24, 2.45) is 20.5 Å². The number of hydrogen-bond donors (Lipinski definition) is 4. The molecule has 0 aromatic heterocycles. The van der Waals surface area contributed by atoms with Gasteiger partial charge in [-0.1, -0.05) is 71.7 Å². The number of ketones is 2. The Kier molecular flexibility index (Phi) is 13.6. The molecule has 5 aromatic rings. The highest BCUT2D eigenvalue weighted by molar-refractivity contribution is 6.37. The molecule has 5 aromatic carbocycles. The molecule has 0 aliphatic heterocycles. The number of para-hydroxylation sites is 2. The van der Waals surface area contributed by atoms with Crippen molar-refractivity contribution in [2.45, 2.75) is 25.9 Å². The van der Waals surface area contributed by atoms with Crippen LogP contribution in [0.2, 0.25) is 10.0 Å². The Morgan fingerprint density at radius 2 is 0.786 bits per heavy atom. The summed E-state index contributed by atoms with van der Waals surface area (Å²) in [5.41, 5.74) is 1.98. The fourth-order valence-corrected chi connectivity index (χ4v) is 5.42. The average molecular weight is 792 g/mol. The zero-order valence-electron chi connectivity index (χ0n) is 29.7. The molecule has 0 bridgehead atoms. The van der Waals surface area contributed by atoms with Gasteiger partial charge in [0.25, 0.3) is 23.6 Å². The number of azo groups is 2. The summed E-state index contributed by atoms with van der Waals surface area (Å²) < 4.78 is 0. The maximum Gasteiger partial charge on any atom is 0.258 e. The van der Waals surface area contributed by atoms with Gasteiger partial charge in [0.05, 0.1) is 21.2 Å². The maximum atomic E-state index is 13.1. The zero-order valence-corrected chi connectivity index (χ0v) is 31.2. The first-order valence-electron chi connectivity index (χ1n) is 16.8. The molecule has 0 saturated heterocycles. The van der Waals surface area contributed by atoms with E-state index in [0.717, 1.165) is 0 Å². The van der Waals surface area contributed by atoms with E-state index in [0.29, 0.717) is 11.4 Å². The highest BCUT2D eigenvalue weighted by Gasteiger charge is 2.26. The molecule has 2 unspecified atom stereocenters. The number of benzene rings is 5. The average Bonchev–Trinajstić information content (AvgIpc) is 3.17. The molecule has 14 nitrogen and oxygen atoms in total. The lowest BCUT2D eigenvalue weighted by Gasteiger charge is -2.12. The highest BCUT2D eigenvalue weighted by Crippen LogP contribution is 2.31. The summed E-state index contributed by atoms with van der Waals surface area (Å²) in [6.07, 6.45) is 0. The van der Waals surface area contributed by atoms with Gasteiger partial charge in [-0.2, -0.15) is 20.5 Å². The van der Waals surface area contributed by atoms with Gasteiger partial charge in [-0.3, -0.25) is 28.8 Å². The van der Waals surface area contributed by atoms with Crippen LogP contribution in [0.15, 0.2) is 142 Å². The van der Waals surface area contributed by atoms with Gasteiger partial charge >= 0.3 is 0 Å². The van der Waals surface area contributed by atoms with Gasteiger partial charge in [-0.05, 0) is 86.6 Å². The summed E-state index contributed by atoms with van der Waals surface area (Å²) in [7, 11) is 0. The second-order valence-electron chi connectivity index (χ2n) is 11.9. The van der Waals surface area contributed by atoms with Gasteiger partial charge in [0.1, 0.15) is 11.4 Å². The number of anilines is 4. The number of halogens is 2. The normalized spacial score (nSPS) is 12.1. The lowest BCUT2D eigenvalue weighted by atomic mass is 10.1. The van der Waals surface area contributed by atoms with Crippen molar-refractivity contribution < 1.29 is 28.8 Å². The van der Waals surface area contributed by atoms with E-state index in [2.05, 4.69) is 41.7 Å². The standard InChI is InChI=1S/C40H32Cl2N8O6/c1-23(51)35(49-47-31-17-9-15-29(33(31)41)37(53)43-25-11-5-3-6-12-25)39(55)45-27-19-21-28(22-20-27)46-40(56)36(24(2)52)50-48-32-18-10-16-30(34(32)42)38(54)44-26-13-7-4-8-14-26/h3-22,35-36H,1-2H3,(H,43,53)(H,44,54)(H,45,55)(H,46,56). The third kappa shape index (κ3) is 10.6. The third-order valence-electron chi connectivity index (χ3n) is 7.76. The summed E-state index contributed by atoms with van der Waals surface area (Å²) in [6.45, 7) is 2.34. The van der Waals surface area contributed by atoms with E-state index >= 15 is 0 Å². The number of carbonyl (C=O) groups excluding carboxylic acids is 6. The molecule has 0 radical (unpaired) electrons. The monoisotopic (exact) mass is 790 g/mol. The van der Waals surface area contributed by atoms with E-state index in [-0.39, 0.29) is 43.9 Å². The Balaban J connectivity index is 1.21. The zero-order chi connectivity index (χ0) is 40.2. The van der Waals surface area contributed by atoms with Gasteiger partial charge in [0.15, 0.2) is 11.6 Å². The molecule has 0 spiro atoms. The van der Waals surface area contributed by atoms with Crippen LogP contribution in [0.3, 0.4) is 0 Å². The largest absolute Gasteiger partial charge is 0.324 e. The lowest BCUT2D eigenvalue weighted by molar-refractivity contribution is -0.127. The molecule has 56 heavy (non-hydrogen) atoms. The molecule has 4 amide bonds. The molecule has 0 aliphatic rings. The van der Waals surface area contributed by atoms with E-state index in [1.807, 2.05) is 0 Å². The maximum absolute atomic E-state index is 13.1. The molecule has 282 valence electrons. The minimum atomic E-state index is -1.55. The first-order chi connectivity index (χ1) is 26.9. The number of nitrogens with zero attached hydrogens (tertiary/aromatic N) is 4. The van der Waals surface area contributed by atoms with Crippen LogP contribution in [-0.4, -0.2) is 47.3 Å². The van der Waals surface area contributed by atoms with E-state index in [1.165, 1.54) is 74.5 Å². The molecule has 2 atom stereocenters. The Morgan fingerprint density at radius 1 is 0.446 bits per heavy atom. The van der Waals surface area contributed by atoms with Crippen LogP contribution in [0.25, 0.3) is 0 Å². The lowest BCUT2D eigenvalue weighted by Crippen LogP contribution is -2.32. The number of hydrogen-bond acceptors (Lipinski definition) is 10. The minimum absolute atomic E-state index is 0.0277. The summed E-state index contributed by atoms with van der Waals surface area (Å²) in [6, 6.07) is 29.2. The van der Waals surface area contributed by atoms with Gasteiger partial charge in [-0.25, -0.2) is 0 Å². The molecule has 0 aliphatic carbocycles. The first-order valence-corrected chi connectivity index (χ1v) is 17.5. The smallest absolute Gasteiger partial charge is 0.258 e. The molecular weight excluding hydrogens is 759 g/mol. The van der Waals surface area contributed by atoms with Gasteiger partial charge in [0.2, 0.25) is 12.1 Å². The number of amides is 4. The highest BCUT2D eigenvalue weighted by atomic mass is 35.5. The number of nitrogens with one attached hydrogen (secondary N) is 4. The van der Waals surface area contributed by atoms with E-state index in [1.54, 1.807) is 60.7 Å². The van der Waals surface area contributed by atoms with Crippen LogP contribution >= 0.6 is 23.2 Å². The predicted molar refractivity (Wildman–Crippen MR) is 213 cm³/mol. The van der Waals surface area contributed by atoms with Crippen molar-refractivity contribution in [3.63, 3.8) is 0 Å². The van der Waals surface area contributed by atoms with E-state index in [4.69, 9.17) is 23.2 Å². The van der Waals surface area contributed by atoms with Crippen LogP contribution < -0.4 is 21.3 Å². The molecular formula is C40H32Cl2N8O6. The number of carbonyl (C=O) groups is 6. The van der Waals surface area contributed by atoms with Crippen molar-refractivity contribution in [3.8, 4) is 0 Å². The van der Waals surface area contributed by atoms with E-state index in [9.17, 15) is 28.8 Å². The minimum Gasteiger partial charge on any atom is -0.324 e. The van der Waals surface area contributed by atoms with Crippen LogP contribution in [0.5, 0.6) is 0 Å². The Labute approximate surface area is 330 Å². The molecule has 4 N–H and O–H groups in total. The predicted octanol–water partition coefficient (Wildman–Crippen LogP) is 8.86. The van der Waals surface area contributed by atoms with Crippen LogP contribution in [0.1, 0.15) is 34.6 Å². The molecule has 16 heteroatoms. The summed E-state index contributed by atoms with van der Waals surface area (Å²) in [4.78, 5) is 76.6. The molecule has 0 heterocycles. The van der Waals surface area contributed by atoms with Crippen LogP contribution in [0.4, 0.5) is 34.1 Å². The molecule has 0 saturated carbocycles. The van der Waals surface area contributed by atoms with Crippen molar-refractivity contribution >= 4 is 92.5 Å². The SMILES string of the molecule is CC(=O)C(N=Nc1cccc(C(=O)Nc2ccccc2)c1Cl)C(=O)Nc1ccc(NC(=O)C(N=Nc2cccc(C(=O)Nc3ccccc3)c2Cl)C(C)=O)cc1. The van der Waals surface area contributed by atoms with Gasteiger partial charge in [0, 0.05) is 22.7 Å². The fraction of sp³-hybridized carbons (Fsp3) is 0.100. The van der Waals surface area contributed by atoms with Crippen molar-refractivity contribution in [1.29, 1.82) is 0 Å². The summed E-state index contributed by atoms with van der Waals surface area (Å²) >= 11 is 12.9. The van der Waals surface area contributed by atoms with Crippen LogP contribution in [0, 0.1) is 0 Å². The topological polar surface area (TPSA) is 200 Å². The second kappa shape index (κ2) is 18.9. The quantitative estimate of drug-likeness (QED) is 0.0639. The number of Topliss-reactive ketones (excluding diaryl/α,β-unsaturated/α-hetero) is 2. The molecule has 5 rings (SSSR count). The Hall–Kier alpha value is -6.90. The second-order valence-corrected chi connectivity index (χ2v) is 12.7. The molecule has 0 fully saturated rings. The van der Waals surface area contributed by atoms with Crippen LogP contribution in [-0.2, 0) is 19.2 Å². The van der Waals surface area contributed by atoms with Crippen molar-refractivity contribution in [2.75, 3.05) is 21.3 Å². The summed E-state index contributed by atoms with van der Waals surface area (Å²) in [5.74, 6) is -3.81. The number of rotatable bonds is 14. The van der Waals surface area contributed by atoms with Crippen molar-refractivity contribution in [3.05, 3.63) is 142 Å². The first kappa shape index (κ1) is 40.3. The Morgan fingerprint density at radius 3 is 1.12 bits per heavy atom. The van der Waals surface area contributed by atoms with Crippen molar-refractivity contribution in [1.82, 2.24) is 0 Å². The van der Waals surface area contributed by atoms with Gasteiger partial charge in [-0.15, -0.1) is 0 Å². The summed E-state index contributed by atoms with van der Waals surface area (Å²) in [5, 5.41) is 26.4. The third-order valence-corrected chi connectivity index (χ3v) is 8.55. The fourth-order valence-electron chi connectivity index (χ4n) is 4.92. The van der Waals surface area contributed by atoms with Gasteiger partial charge < -0.3 is 21.3 Å².